The standard InChI is InChI=1S/C18H15FO5/c19-13-1-4-15(5-2-13)22-7-8-23-18(21)9-12-11-24-17-10-14(20)3-6-16(12)17/h1-6,10-11,20H,7-9H2. The van der Waals surface area contributed by atoms with Gasteiger partial charge in [0.25, 0.3) is 0 Å². The Morgan fingerprint density at radius 2 is 1.92 bits per heavy atom. The molecule has 0 aliphatic carbocycles. The zero-order valence-corrected chi connectivity index (χ0v) is 12.7. The maximum Gasteiger partial charge on any atom is 0.310 e. The van der Waals surface area contributed by atoms with E-state index in [0.717, 1.165) is 5.39 Å². The van der Waals surface area contributed by atoms with Crippen LogP contribution in [0.3, 0.4) is 0 Å². The normalized spacial score (nSPS) is 10.7. The smallest absolute Gasteiger partial charge is 0.310 e. The Bertz CT molecular complexity index is 838. The molecule has 1 heterocycles. The summed E-state index contributed by atoms with van der Waals surface area (Å²) in [4.78, 5) is 11.9. The lowest BCUT2D eigenvalue weighted by molar-refractivity contribution is -0.143. The summed E-state index contributed by atoms with van der Waals surface area (Å²) in [6.07, 6.45) is 1.54. The molecule has 0 atom stereocenters. The van der Waals surface area contributed by atoms with Gasteiger partial charge in [0.1, 0.15) is 36.1 Å². The Morgan fingerprint density at radius 3 is 2.71 bits per heavy atom. The van der Waals surface area contributed by atoms with Crippen LogP contribution in [0.2, 0.25) is 0 Å². The van der Waals surface area contributed by atoms with Crippen molar-refractivity contribution in [1.82, 2.24) is 0 Å². The van der Waals surface area contributed by atoms with E-state index in [1.54, 1.807) is 6.07 Å². The molecule has 0 spiro atoms. The molecule has 0 saturated heterocycles. The summed E-state index contributed by atoms with van der Waals surface area (Å²) in [5.74, 6) is -0.139. The average Bonchev–Trinajstić information content (AvgIpc) is 2.95. The van der Waals surface area contributed by atoms with E-state index in [0.29, 0.717) is 16.9 Å². The monoisotopic (exact) mass is 330 g/mol. The molecule has 3 rings (SSSR count). The number of fused-ring (bicyclic) bond motifs is 1. The minimum atomic E-state index is -0.409. The quantitative estimate of drug-likeness (QED) is 0.554. The second-order valence-corrected chi connectivity index (χ2v) is 5.14. The number of hydrogen-bond acceptors (Lipinski definition) is 5. The van der Waals surface area contributed by atoms with E-state index in [-0.39, 0.29) is 31.2 Å². The van der Waals surface area contributed by atoms with Crippen LogP contribution in [-0.2, 0) is 16.0 Å². The van der Waals surface area contributed by atoms with E-state index in [2.05, 4.69) is 0 Å². The molecule has 3 aromatic rings. The number of phenols is 1. The number of phenolic OH excluding ortho intramolecular Hbond substituents is 1. The molecule has 0 radical (unpaired) electrons. The summed E-state index contributed by atoms with van der Waals surface area (Å²) in [5, 5.41) is 10.1. The van der Waals surface area contributed by atoms with Crippen LogP contribution in [0.25, 0.3) is 11.0 Å². The van der Waals surface area contributed by atoms with E-state index in [1.165, 1.54) is 42.7 Å². The van der Waals surface area contributed by atoms with Crippen LogP contribution in [0.1, 0.15) is 5.56 Å². The summed E-state index contributed by atoms with van der Waals surface area (Å²) < 4.78 is 28.5. The van der Waals surface area contributed by atoms with Gasteiger partial charge in [-0.3, -0.25) is 4.79 Å². The number of aromatic hydroxyl groups is 1. The van der Waals surface area contributed by atoms with Gasteiger partial charge in [0.15, 0.2) is 0 Å². The van der Waals surface area contributed by atoms with Gasteiger partial charge >= 0.3 is 5.97 Å². The van der Waals surface area contributed by atoms with Crippen molar-refractivity contribution in [1.29, 1.82) is 0 Å². The molecule has 1 aromatic heterocycles. The van der Waals surface area contributed by atoms with Gasteiger partial charge in [0.05, 0.1) is 12.7 Å². The lowest BCUT2D eigenvalue weighted by Gasteiger charge is -2.07. The van der Waals surface area contributed by atoms with Gasteiger partial charge in [-0.2, -0.15) is 0 Å². The van der Waals surface area contributed by atoms with Crippen molar-refractivity contribution in [3.05, 3.63) is 60.1 Å². The highest BCUT2D eigenvalue weighted by molar-refractivity contribution is 5.86. The van der Waals surface area contributed by atoms with Crippen molar-refractivity contribution in [2.24, 2.45) is 0 Å². The van der Waals surface area contributed by atoms with Gasteiger partial charge in [-0.1, -0.05) is 0 Å². The molecule has 124 valence electrons. The number of carbonyl (C=O) groups excluding carboxylic acids is 1. The van der Waals surface area contributed by atoms with Crippen molar-refractivity contribution in [3.63, 3.8) is 0 Å². The first-order valence-corrected chi connectivity index (χ1v) is 7.35. The van der Waals surface area contributed by atoms with Crippen LogP contribution in [0.15, 0.2) is 53.1 Å². The number of furan rings is 1. The molecule has 0 aliphatic rings. The van der Waals surface area contributed by atoms with Crippen LogP contribution in [-0.4, -0.2) is 24.3 Å². The topological polar surface area (TPSA) is 68.9 Å². The van der Waals surface area contributed by atoms with Gasteiger partial charge in [-0.05, 0) is 36.4 Å². The maximum absolute atomic E-state index is 12.7. The molecular weight excluding hydrogens is 315 g/mol. The Hall–Kier alpha value is -3.02. The highest BCUT2D eigenvalue weighted by Gasteiger charge is 2.12. The number of rotatable bonds is 6. The SMILES string of the molecule is O=C(Cc1coc2cc(O)ccc12)OCCOc1ccc(F)cc1. The molecule has 0 saturated carbocycles. The zero-order valence-electron chi connectivity index (χ0n) is 12.7. The van der Waals surface area contributed by atoms with E-state index in [4.69, 9.17) is 13.9 Å². The molecule has 0 amide bonds. The molecule has 5 nitrogen and oxygen atoms in total. The highest BCUT2D eigenvalue weighted by Crippen LogP contribution is 2.25. The fourth-order valence-electron chi connectivity index (χ4n) is 2.26. The van der Waals surface area contributed by atoms with Crippen molar-refractivity contribution in [2.45, 2.75) is 6.42 Å². The first-order chi connectivity index (χ1) is 11.6. The number of esters is 1. The van der Waals surface area contributed by atoms with Gasteiger partial charge in [-0.25, -0.2) is 4.39 Å². The van der Waals surface area contributed by atoms with Crippen LogP contribution in [0.5, 0.6) is 11.5 Å². The minimum Gasteiger partial charge on any atom is -0.508 e. The molecular formula is C18H15FO5. The third kappa shape index (κ3) is 3.84. The van der Waals surface area contributed by atoms with E-state index in [9.17, 15) is 14.3 Å². The minimum absolute atomic E-state index is 0.0638. The fourth-order valence-corrected chi connectivity index (χ4v) is 2.26. The Kier molecular flexibility index (Phi) is 4.65. The van der Waals surface area contributed by atoms with E-state index < -0.39 is 5.97 Å². The summed E-state index contributed by atoms with van der Waals surface area (Å²) in [6.45, 7) is 0.268. The van der Waals surface area contributed by atoms with Gasteiger partial charge in [0.2, 0.25) is 0 Å². The lowest BCUT2D eigenvalue weighted by atomic mass is 10.1. The van der Waals surface area contributed by atoms with Crippen LogP contribution in [0, 0.1) is 5.82 Å². The van der Waals surface area contributed by atoms with Gasteiger partial charge < -0.3 is 19.0 Å². The third-order valence-corrected chi connectivity index (χ3v) is 3.40. The summed E-state index contributed by atoms with van der Waals surface area (Å²) in [7, 11) is 0. The first-order valence-electron chi connectivity index (χ1n) is 7.35. The molecule has 6 heteroatoms. The van der Waals surface area contributed by atoms with Gasteiger partial charge in [-0.15, -0.1) is 0 Å². The molecule has 2 aromatic carbocycles. The number of halogens is 1. The largest absolute Gasteiger partial charge is 0.508 e. The number of carbonyl (C=O) groups is 1. The second-order valence-electron chi connectivity index (χ2n) is 5.14. The number of benzene rings is 2. The first kappa shape index (κ1) is 15.9. The van der Waals surface area contributed by atoms with Crippen molar-refractivity contribution in [3.8, 4) is 11.5 Å². The molecule has 0 bridgehead atoms. The zero-order chi connectivity index (χ0) is 16.9. The second kappa shape index (κ2) is 7.04. The number of hydrogen-bond donors (Lipinski definition) is 1. The molecule has 0 fully saturated rings. The fraction of sp³-hybridized carbons (Fsp3) is 0.167. The van der Waals surface area contributed by atoms with Gasteiger partial charge in [0, 0.05) is 17.0 Å². The Morgan fingerprint density at radius 1 is 1.12 bits per heavy atom. The number of ether oxygens (including phenoxy) is 2. The summed E-state index contributed by atoms with van der Waals surface area (Å²) in [5.41, 5.74) is 1.20. The van der Waals surface area contributed by atoms with E-state index >= 15 is 0 Å². The maximum atomic E-state index is 12.7. The Balaban J connectivity index is 1.47. The molecule has 0 aliphatic heterocycles. The van der Waals surface area contributed by atoms with Crippen molar-refractivity contribution in [2.75, 3.05) is 13.2 Å². The molecule has 1 N–H and O–H groups in total. The molecule has 0 unspecified atom stereocenters. The van der Waals surface area contributed by atoms with Crippen LogP contribution < -0.4 is 4.74 Å². The summed E-state index contributed by atoms with van der Waals surface area (Å²) >= 11 is 0. The Labute approximate surface area is 137 Å². The van der Waals surface area contributed by atoms with E-state index in [1.807, 2.05) is 0 Å². The predicted octanol–water partition coefficient (Wildman–Crippen LogP) is 3.44. The lowest BCUT2D eigenvalue weighted by Crippen LogP contribution is -2.13. The predicted molar refractivity (Wildman–Crippen MR) is 84.4 cm³/mol. The van der Waals surface area contributed by atoms with Crippen LogP contribution in [0.4, 0.5) is 4.39 Å². The average molecular weight is 330 g/mol. The van der Waals surface area contributed by atoms with Crippen molar-refractivity contribution < 1.29 is 28.2 Å². The van der Waals surface area contributed by atoms with Crippen molar-refractivity contribution >= 4 is 16.9 Å². The van der Waals surface area contributed by atoms with Crippen LogP contribution >= 0.6 is 0 Å². The highest BCUT2D eigenvalue weighted by atomic mass is 19.1. The summed E-state index contributed by atoms with van der Waals surface area (Å²) in [6, 6.07) is 10.3. The molecule has 24 heavy (non-hydrogen) atoms. The third-order valence-electron chi connectivity index (χ3n) is 3.40.